The fraction of sp³-hybridized carbons (Fsp3) is 0.647. The smallest absolute Gasteiger partial charge is 0.0354 e. The second-order valence-electron chi connectivity index (χ2n) is 6.25. The normalized spacial score (nSPS) is 28.1. The van der Waals surface area contributed by atoms with Crippen molar-refractivity contribution in [1.29, 1.82) is 0 Å². The van der Waals surface area contributed by atoms with Crippen molar-refractivity contribution in [1.82, 2.24) is 4.90 Å². The molecule has 0 bridgehead atoms. The van der Waals surface area contributed by atoms with Crippen LogP contribution in [0, 0.1) is 5.92 Å². The molecule has 0 saturated carbocycles. The molecule has 19 heavy (non-hydrogen) atoms. The van der Waals surface area contributed by atoms with Crippen molar-refractivity contribution in [3.05, 3.63) is 29.3 Å². The molecule has 1 aliphatic carbocycles. The van der Waals surface area contributed by atoms with Crippen molar-refractivity contribution in [3.63, 3.8) is 0 Å². The van der Waals surface area contributed by atoms with E-state index < -0.39 is 0 Å². The molecule has 0 radical (unpaired) electrons. The summed E-state index contributed by atoms with van der Waals surface area (Å²) in [5.41, 5.74) is 9.85. The lowest BCUT2D eigenvalue weighted by molar-refractivity contribution is 0.201. The van der Waals surface area contributed by atoms with Gasteiger partial charge < -0.3 is 5.73 Å². The minimum atomic E-state index is 0.659. The maximum Gasteiger partial charge on any atom is 0.0354 e. The first kappa shape index (κ1) is 13.0. The highest BCUT2D eigenvalue weighted by Gasteiger charge is 2.29. The Balaban J connectivity index is 1.74. The number of aryl methyl sites for hydroxylation is 1. The number of nitrogen functional groups attached to an aromatic ring is 1. The van der Waals surface area contributed by atoms with E-state index in [-0.39, 0.29) is 0 Å². The second-order valence-corrected chi connectivity index (χ2v) is 6.25. The third kappa shape index (κ3) is 2.64. The molecule has 0 aromatic heterocycles. The van der Waals surface area contributed by atoms with Crippen LogP contribution >= 0.6 is 0 Å². The summed E-state index contributed by atoms with van der Waals surface area (Å²) in [4.78, 5) is 2.73. The molecule has 1 heterocycles. The highest BCUT2D eigenvalue weighted by Crippen LogP contribution is 2.38. The zero-order valence-corrected chi connectivity index (χ0v) is 12.1. The van der Waals surface area contributed by atoms with Crippen LogP contribution in [0.1, 0.15) is 56.2 Å². The van der Waals surface area contributed by atoms with Crippen molar-refractivity contribution >= 4 is 5.69 Å². The largest absolute Gasteiger partial charge is 0.399 e. The van der Waals surface area contributed by atoms with Gasteiger partial charge in [-0.1, -0.05) is 19.4 Å². The Bertz CT molecular complexity index is 441. The lowest BCUT2D eigenvalue weighted by Crippen LogP contribution is -2.28. The molecule has 2 atom stereocenters. The van der Waals surface area contributed by atoms with E-state index >= 15 is 0 Å². The zero-order chi connectivity index (χ0) is 13.2. The van der Waals surface area contributed by atoms with E-state index in [1.165, 1.54) is 57.2 Å². The zero-order valence-electron chi connectivity index (χ0n) is 12.1. The number of nitrogens with zero attached hydrogens (tertiary/aromatic N) is 1. The molecule has 2 nitrogen and oxygen atoms in total. The predicted octanol–water partition coefficient (Wildman–Crippen LogP) is 3.77. The minimum absolute atomic E-state index is 0.659. The monoisotopic (exact) mass is 258 g/mol. The van der Waals surface area contributed by atoms with Gasteiger partial charge in [-0.3, -0.25) is 4.90 Å². The third-order valence-corrected chi connectivity index (χ3v) is 5.11. The van der Waals surface area contributed by atoms with Crippen LogP contribution in [0.25, 0.3) is 0 Å². The highest BCUT2D eigenvalue weighted by molar-refractivity contribution is 5.47. The van der Waals surface area contributed by atoms with Crippen LogP contribution in [0.4, 0.5) is 5.69 Å². The van der Waals surface area contributed by atoms with E-state index in [0.29, 0.717) is 6.04 Å². The summed E-state index contributed by atoms with van der Waals surface area (Å²) in [5.74, 6) is 0.956. The number of fused-ring (bicyclic) bond motifs is 1. The van der Waals surface area contributed by atoms with Crippen LogP contribution in [0.15, 0.2) is 18.2 Å². The number of likely N-dealkylation sites (tertiary alicyclic amines) is 1. The summed E-state index contributed by atoms with van der Waals surface area (Å²) in [6, 6.07) is 7.18. The van der Waals surface area contributed by atoms with Crippen molar-refractivity contribution in [2.45, 2.75) is 51.5 Å². The van der Waals surface area contributed by atoms with Crippen LogP contribution in [-0.2, 0) is 6.42 Å². The van der Waals surface area contributed by atoms with Gasteiger partial charge in [0.15, 0.2) is 0 Å². The molecule has 0 amide bonds. The van der Waals surface area contributed by atoms with Crippen LogP contribution in [0.5, 0.6) is 0 Å². The molecular formula is C17H26N2. The van der Waals surface area contributed by atoms with Crippen LogP contribution in [0.3, 0.4) is 0 Å². The SMILES string of the molecule is CCC1CCCN(C2CCc3cc(N)ccc32)CC1. The first-order chi connectivity index (χ1) is 9.28. The van der Waals surface area contributed by atoms with Crippen molar-refractivity contribution in [2.75, 3.05) is 18.8 Å². The topological polar surface area (TPSA) is 29.3 Å². The second kappa shape index (κ2) is 5.54. The van der Waals surface area contributed by atoms with E-state index in [0.717, 1.165) is 11.6 Å². The number of anilines is 1. The number of hydrogen-bond acceptors (Lipinski definition) is 2. The summed E-state index contributed by atoms with van der Waals surface area (Å²) in [5, 5.41) is 0. The van der Waals surface area contributed by atoms with Crippen molar-refractivity contribution in [2.24, 2.45) is 5.92 Å². The lowest BCUT2D eigenvalue weighted by atomic mass is 9.98. The summed E-state index contributed by atoms with van der Waals surface area (Å²) in [6.45, 7) is 4.91. The molecule has 1 aromatic rings. The minimum Gasteiger partial charge on any atom is -0.399 e. The van der Waals surface area contributed by atoms with Gasteiger partial charge in [0.2, 0.25) is 0 Å². The summed E-state index contributed by atoms with van der Waals surface area (Å²) >= 11 is 0. The van der Waals surface area contributed by atoms with Gasteiger partial charge in [0.05, 0.1) is 0 Å². The summed E-state index contributed by atoms with van der Waals surface area (Å²) in [6.07, 6.45) is 8.03. The van der Waals surface area contributed by atoms with Crippen LogP contribution < -0.4 is 5.73 Å². The molecule has 3 rings (SSSR count). The van der Waals surface area contributed by atoms with Gasteiger partial charge >= 0.3 is 0 Å². The Morgan fingerprint density at radius 3 is 2.95 bits per heavy atom. The highest BCUT2D eigenvalue weighted by atomic mass is 15.2. The molecule has 2 heteroatoms. The molecule has 0 spiro atoms. The van der Waals surface area contributed by atoms with Gasteiger partial charge in [0.1, 0.15) is 0 Å². The van der Waals surface area contributed by atoms with Crippen LogP contribution in [-0.4, -0.2) is 18.0 Å². The Hall–Kier alpha value is -1.02. The summed E-state index contributed by atoms with van der Waals surface area (Å²) in [7, 11) is 0. The fourth-order valence-corrected chi connectivity index (χ4v) is 3.90. The molecule has 2 N–H and O–H groups in total. The third-order valence-electron chi connectivity index (χ3n) is 5.11. The predicted molar refractivity (Wildman–Crippen MR) is 81.1 cm³/mol. The maximum absolute atomic E-state index is 5.90. The lowest BCUT2D eigenvalue weighted by Gasteiger charge is -2.28. The Labute approximate surface area is 117 Å². The standard InChI is InChI=1S/C17H26N2/c1-2-13-4-3-10-19(11-9-13)17-8-5-14-12-15(18)6-7-16(14)17/h6-7,12-13,17H,2-5,8-11,18H2,1H3. The van der Waals surface area contributed by atoms with Crippen molar-refractivity contribution < 1.29 is 0 Å². The van der Waals surface area contributed by atoms with E-state index in [1.807, 2.05) is 0 Å². The number of hydrogen-bond donors (Lipinski definition) is 1. The van der Waals surface area contributed by atoms with Gasteiger partial charge in [0, 0.05) is 11.7 Å². The van der Waals surface area contributed by atoms with E-state index in [2.05, 4.69) is 30.0 Å². The fourth-order valence-electron chi connectivity index (χ4n) is 3.90. The van der Waals surface area contributed by atoms with Gasteiger partial charge in [-0.2, -0.15) is 0 Å². The van der Waals surface area contributed by atoms with E-state index in [1.54, 1.807) is 5.56 Å². The molecule has 2 unspecified atom stereocenters. The summed E-state index contributed by atoms with van der Waals surface area (Å²) < 4.78 is 0. The molecule has 1 saturated heterocycles. The van der Waals surface area contributed by atoms with Crippen LogP contribution in [0.2, 0.25) is 0 Å². The quantitative estimate of drug-likeness (QED) is 0.818. The average Bonchev–Trinajstić information content (AvgIpc) is 2.68. The van der Waals surface area contributed by atoms with Gasteiger partial charge in [-0.25, -0.2) is 0 Å². The molecule has 1 aromatic carbocycles. The van der Waals surface area contributed by atoms with Crippen molar-refractivity contribution in [3.8, 4) is 0 Å². The Morgan fingerprint density at radius 1 is 1.21 bits per heavy atom. The Morgan fingerprint density at radius 2 is 2.11 bits per heavy atom. The molecule has 1 aliphatic heterocycles. The van der Waals surface area contributed by atoms with E-state index in [4.69, 9.17) is 5.73 Å². The number of benzene rings is 1. The average molecular weight is 258 g/mol. The van der Waals surface area contributed by atoms with Gasteiger partial charge in [0.25, 0.3) is 0 Å². The Kier molecular flexibility index (Phi) is 3.79. The van der Waals surface area contributed by atoms with Gasteiger partial charge in [-0.05, 0) is 74.4 Å². The first-order valence-electron chi connectivity index (χ1n) is 7.90. The first-order valence-corrected chi connectivity index (χ1v) is 7.90. The number of nitrogens with two attached hydrogens (primary N) is 1. The molecule has 104 valence electrons. The van der Waals surface area contributed by atoms with E-state index in [9.17, 15) is 0 Å². The van der Waals surface area contributed by atoms with Gasteiger partial charge in [-0.15, -0.1) is 0 Å². The molecular weight excluding hydrogens is 232 g/mol. The maximum atomic E-state index is 5.90. The molecule has 2 aliphatic rings. The number of rotatable bonds is 2. The molecule has 1 fully saturated rings.